The van der Waals surface area contributed by atoms with E-state index in [4.69, 9.17) is 22.1 Å². The van der Waals surface area contributed by atoms with E-state index in [9.17, 15) is 0 Å². The predicted octanol–water partition coefficient (Wildman–Crippen LogP) is 3.11. The van der Waals surface area contributed by atoms with Crippen LogP contribution in [-0.4, -0.2) is 13.7 Å². The zero-order valence-corrected chi connectivity index (χ0v) is 10.3. The van der Waals surface area contributed by atoms with Crippen molar-refractivity contribution in [2.24, 2.45) is 5.73 Å². The first-order valence-corrected chi connectivity index (χ1v) is 5.52. The van der Waals surface area contributed by atoms with Gasteiger partial charge in [-0.25, -0.2) is 0 Å². The van der Waals surface area contributed by atoms with Crippen LogP contribution >= 0.6 is 11.6 Å². The number of ether oxygens (including phenoxy) is 1. The molecule has 0 spiro atoms. The summed E-state index contributed by atoms with van der Waals surface area (Å²) < 4.78 is 5.35. The molecule has 1 aromatic rings. The van der Waals surface area contributed by atoms with Crippen LogP contribution in [0.3, 0.4) is 0 Å². The van der Waals surface area contributed by atoms with Crippen molar-refractivity contribution in [1.29, 1.82) is 0 Å². The lowest BCUT2D eigenvalue weighted by molar-refractivity contribution is 0.405. The third-order valence-corrected chi connectivity index (χ3v) is 3.05. The molecule has 1 aromatic carbocycles. The van der Waals surface area contributed by atoms with Crippen LogP contribution in [-0.2, 0) is 0 Å². The second-order valence-corrected chi connectivity index (χ2v) is 4.23. The van der Waals surface area contributed by atoms with Crippen LogP contribution in [0.2, 0.25) is 5.02 Å². The van der Waals surface area contributed by atoms with Gasteiger partial charge in [0.05, 0.1) is 7.11 Å². The van der Waals surface area contributed by atoms with Crippen molar-refractivity contribution in [3.8, 4) is 5.75 Å². The van der Waals surface area contributed by atoms with Crippen molar-refractivity contribution in [1.82, 2.24) is 0 Å². The molecular weight excluding hydrogens is 210 g/mol. The Labute approximate surface area is 96.4 Å². The quantitative estimate of drug-likeness (QED) is 0.858. The van der Waals surface area contributed by atoms with Gasteiger partial charge >= 0.3 is 0 Å². The average molecular weight is 228 g/mol. The molecule has 84 valence electrons. The lowest BCUT2D eigenvalue weighted by atomic mass is 9.96. The standard InChI is InChI=1S/C12H18ClNO/c1-8(4-5-14)10-7-11(13)9(2)6-12(10)15-3/h6-8H,4-5,14H2,1-3H3. The summed E-state index contributed by atoms with van der Waals surface area (Å²) in [5.41, 5.74) is 7.73. The Morgan fingerprint density at radius 1 is 1.47 bits per heavy atom. The Bertz CT molecular complexity index is 339. The molecule has 2 N–H and O–H groups in total. The summed E-state index contributed by atoms with van der Waals surface area (Å²) in [6.07, 6.45) is 0.940. The van der Waals surface area contributed by atoms with E-state index in [1.54, 1.807) is 7.11 Å². The molecule has 2 nitrogen and oxygen atoms in total. The lowest BCUT2D eigenvalue weighted by Gasteiger charge is -2.16. The monoisotopic (exact) mass is 227 g/mol. The van der Waals surface area contributed by atoms with Crippen LogP contribution in [0.4, 0.5) is 0 Å². The third kappa shape index (κ3) is 2.86. The Kier molecular flexibility index (Phi) is 4.43. The first-order valence-electron chi connectivity index (χ1n) is 5.14. The van der Waals surface area contributed by atoms with E-state index in [-0.39, 0.29) is 0 Å². The molecular formula is C12H18ClNO. The van der Waals surface area contributed by atoms with E-state index in [0.29, 0.717) is 12.5 Å². The van der Waals surface area contributed by atoms with Crippen molar-refractivity contribution in [3.63, 3.8) is 0 Å². The molecule has 1 atom stereocenters. The van der Waals surface area contributed by atoms with Gasteiger partial charge in [-0.3, -0.25) is 0 Å². The number of methoxy groups -OCH3 is 1. The zero-order valence-electron chi connectivity index (χ0n) is 9.51. The van der Waals surface area contributed by atoms with Crippen LogP contribution in [0.15, 0.2) is 12.1 Å². The number of benzene rings is 1. The van der Waals surface area contributed by atoms with Gasteiger partial charge in [-0.15, -0.1) is 0 Å². The molecule has 0 saturated heterocycles. The van der Waals surface area contributed by atoms with Gasteiger partial charge in [0.1, 0.15) is 5.75 Å². The first kappa shape index (κ1) is 12.3. The SMILES string of the molecule is COc1cc(C)c(Cl)cc1C(C)CCN. The van der Waals surface area contributed by atoms with Crippen LogP contribution in [0.25, 0.3) is 0 Å². The molecule has 0 fully saturated rings. The summed E-state index contributed by atoms with van der Waals surface area (Å²) in [5, 5.41) is 0.787. The van der Waals surface area contributed by atoms with Gasteiger partial charge in [0, 0.05) is 5.02 Å². The molecule has 1 unspecified atom stereocenters. The van der Waals surface area contributed by atoms with Crippen molar-refractivity contribution in [2.75, 3.05) is 13.7 Å². The number of nitrogens with two attached hydrogens (primary N) is 1. The van der Waals surface area contributed by atoms with Crippen LogP contribution in [0.5, 0.6) is 5.75 Å². The number of hydrogen-bond acceptors (Lipinski definition) is 2. The Hall–Kier alpha value is -0.730. The van der Waals surface area contributed by atoms with Gasteiger partial charge in [0.2, 0.25) is 0 Å². The molecule has 15 heavy (non-hydrogen) atoms. The molecule has 0 bridgehead atoms. The van der Waals surface area contributed by atoms with Gasteiger partial charge < -0.3 is 10.5 Å². The van der Waals surface area contributed by atoms with Gasteiger partial charge in [-0.05, 0) is 49.1 Å². The largest absolute Gasteiger partial charge is 0.496 e. The second kappa shape index (κ2) is 5.38. The highest BCUT2D eigenvalue weighted by atomic mass is 35.5. The Morgan fingerprint density at radius 3 is 2.67 bits per heavy atom. The molecule has 0 aromatic heterocycles. The van der Waals surface area contributed by atoms with Gasteiger partial charge in [-0.1, -0.05) is 18.5 Å². The molecule has 0 amide bonds. The van der Waals surface area contributed by atoms with Crippen molar-refractivity contribution in [3.05, 3.63) is 28.3 Å². The van der Waals surface area contributed by atoms with Crippen molar-refractivity contribution < 1.29 is 4.74 Å². The van der Waals surface area contributed by atoms with E-state index in [0.717, 1.165) is 28.3 Å². The fourth-order valence-electron chi connectivity index (χ4n) is 1.64. The molecule has 0 aliphatic heterocycles. The maximum absolute atomic E-state index is 6.10. The summed E-state index contributed by atoms with van der Waals surface area (Å²) in [4.78, 5) is 0. The molecule has 0 heterocycles. The first-order chi connectivity index (χ1) is 7.10. The fourth-order valence-corrected chi connectivity index (χ4v) is 1.81. The van der Waals surface area contributed by atoms with Crippen molar-refractivity contribution >= 4 is 11.6 Å². The number of halogens is 1. The lowest BCUT2D eigenvalue weighted by Crippen LogP contribution is -2.06. The maximum atomic E-state index is 6.10. The highest BCUT2D eigenvalue weighted by Gasteiger charge is 2.12. The van der Waals surface area contributed by atoms with E-state index >= 15 is 0 Å². The predicted molar refractivity (Wildman–Crippen MR) is 64.8 cm³/mol. The minimum absolute atomic E-state index is 0.378. The minimum Gasteiger partial charge on any atom is -0.496 e. The third-order valence-electron chi connectivity index (χ3n) is 2.64. The highest BCUT2D eigenvalue weighted by Crippen LogP contribution is 2.33. The van der Waals surface area contributed by atoms with Gasteiger partial charge in [-0.2, -0.15) is 0 Å². The van der Waals surface area contributed by atoms with Crippen LogP contribution < -0.4 is 10.5 Å². The van der Waals surface area contributed by atoms with Gasteiger partial charge in [0.15, 0.2) is 0 Å². The van der Waals surface area contributed by atoms with Crippen LogP contribution in [0.1, 0.15) is 30.4 Å². The van der Waals surface area contributed by atoms with E-state index in [2.05, 4.69) is 6.92 Å². The smallest absolute Gasteiger partial charge is 0.122 e. The summed E-state index contributed by atoms with van der Waals surface area (Å²) in [7, 11) is 1.68. The van der Waals surface area contributed by atoms with E-state index < -0.39 is 0 Å². The second-order valence-electron chi connectivity index (χ2n) is 3.82. The molecule has 1 rings (SSSR count). The summed E-state index contributed by atoms with van der Waals surface area (Å²) >= 11 is 6.10. The van der Waals surface area contributed by atoms with Crippen molar-refractivity contribution in [2.45, 2.75) is 26.2 Å². The molecule has 0 saturated carbocycles. The van der Waals surface area contributed by atoms with E-state index in [1.165, 1.54) is 0 Å². The summed E-state index contributed by atoms with van der Waals surface area (Å²) in [6, 6.07) is 3.96. The molecule has 3 heteroatoms. The van der Waals surface area contributed by atoms with E-state index in [1.807, 2.05) is 19.1 Å². The van der Waals surface area contributed by atoms with Gasteiger partial charge in [0.25, 0.3) is 0 Å². The zero-order chi connectivity index (χ0) is 11.4. The summed E-state index contributed by atoms with van der Waals surface area (Å²) in [5.74, 6) is 1.28. The Balaban J connectivity index is 3.09. The summed E-state index contributed by atoms with van der Waals surface area (Å²) in [6.45, 7) is 4.79. The Morgan fingerprint density at radius 2 is 2.13 bits per heavy atom. The fraction of sp³-hybridized carbons (Fsp3) is 0.500. The minimum atomic E-state index is 0.378. The number of aryl methyl sites for hydroxylation is 1. The molecule has 0 aliphatic rings. The highest BCUT2D eigenvalue weighted by molar-refractivity contribution is 6.31. The normalized spacial score (nSPS) is 12.6. The number of rotatable bonds is 4. The number of hydrogen-bond donors (Lipinski definition) is 1. The average Bonchev–Trinajstić information content (AvgIpc) is 2.21. The maximum Gasteiger partial charge on any atom is 0.122 e. The molecule has 0 aliphatic carbocycles. The topological polar surface area (TPSA) is 35.2 Å². The molecule has 0 radical (unpaired) electrons. The van der Waals surface area contributed by atoms with Crippen LogP contribution in [0, 0.1) is 6.92 Å².